The fourth-order valence-electron chi connectivity index (χ4n) is 7.82. The van der Waals surface area contributed by atoms with Crippen LogP contribution in [0.1, 0.15) is 43.1 Å². The minimum absolute atomic E-state index is 0.214. The lowest BCUT2D eigenvalue weighted by Crippen LogP contribution is -2.47. The molecule has 1 saturated heterocycles. The summed E-state index contributed by atoms with van der Waals surface area (Å²) >= 11 is 0. The van der Waals surface area contributed by atoms with Gasteiger partial charge >= 0.3 is 11.6 Å². The highest BCUT2D eigenvalue weighted by Gasteiger charge is 2.57. The Morgan fingerprint density at radius 3 is 2.07 bits per heavy atom. The van der Waals surface area contributed by atoms with Crippen LogP contribution in [0.25, 0.3) is 16.8 Å². The molecular formula is C45H45F3N10O3. The van der Waals surface area contributed by atoms with Crippen LogP contribution in [-0.2, 0) is 29.4 Å². The Morgan fingerprint density at radius 1 is 0.803 bits per heavy atom. The topological polar surface area (TPSA) is 132 Å². The van der Waals surface area contributed by atoms with Gasteiger partial charge < -0.3 is 19.6 Å². The van der Waals surface area contributed by atoms with Crippen LogP contribution < -0.4 is 15.5 Å². The molecule has 314 valence electrons. The van der Waals surface area contributed by atoms with Crippen molar-refractivity contribution in [1.82, 2.24) is 39.5 Å². The highest BCUT2D eigenvalue weighted by Crippen LogP contribution is 2.46. The maximum absolute atomic E-state index is 16.2. The molecule has 3 aromatic heterocycles. The zero-order valence-corrected chi connectivity index (χ0v) is 33.7. The lowest BCUT2D eigenvalue weighted by atomic mass is 9.85. The zero-order valence-electron chi connectivity index (χ0n) is 33.7. The van der Waals surface area contributed by atoms with E-state index in [0.29, 0.717) is 18.6 Å². The summed E-state index contributed by atoms with van der Waals surface area (Å²) in [5.74, 6) is -4.74. The van der Waals surface area contributed by atoms with Crippen molar-refractivity contribution in [3.63, 3.8) is 0 Å². The summed E-state index contributed by atoms with van der Waals surface area (Å²) in [5, 5.41) is 26.6. The predicted molar refractivity (Wildman–Crippen MR) is 224 cm³/mol. The minimum atomic E-state index is -3.96. The molecule has 4 aromatic carbocycles. The Labute approximate surface area is 350 Å². The van der Waals surface area contributed by atoms with Crippen molar-refractivity contribution in [2.24, 2.45) is 0 Å². The van der Waals surface area contributed by atoms with Gasteiger partial charge in [-0.2, -0.15) is 13.9 Å². The van der Waals surface area contributed by atoms with Crippen LogP contribution in [0.3, 0.4) is 0 Å². The Balaban J connectivity index is 0.881. The number of rotatable bonds is 15. The van der Waals surface area contributed by atoms with Gasteiger partial charge in [0, 0.05) is 49.3 Å². The molecule has 1 aliphatic rings. The van der Waals surface area contributed by atoms with Gasteiger partial charge in [-0.1, -0.05) is 67.6 Å². The van der Waals surface area contributed by atoms with E-state index in [1.54, 1.807) is 10.9 Å². The van der Waals surface area contributed by atoms with Crippen molar-refractivity contribution in [3.8, 4) is 16.8 Å². The van der Waals surface area contributed by atoms with E-state index >= 15 is 8.78 Å². The van der Waals surface area contributed by atoms with E-state index in [1.807, 2.05) is 92.7 Å². The van der Waals surface area contributed by atoms with E-state index in [9.17, 15) is 14.3 Å². The summed E-state index contributed by atoms with van der Waals surface area (Å²) in [6, 6.07) is 32.6. The highest BCUT2D eigenvalue weighted by molar-refractivity contribution is 5.66. The van der Waals surface area contributed by atoms with Gasteiger partial charge in [-0.25, -0.2) is 23.1 Å². The summed E-state index contributed by atoms with van der Waals surface area (Å²) in [4.78, 5) is 22.2. The molecule has 3 atom stereocenters. The lowest BCUT2D eigenvalue weighted by molar-refractivity contribution is -0.206. The van der Waals surface area contributed by atoms with Crippen LogP contribution >= 0.6 is 0 Å². The Kier molecular flexibility index (Phi) is 11.8. The average molecular weight is 831 g/mol. The molecule has 1 N–H and O–H groups in total. The third-order valence-electron chi connectivity index (χ3n) is 11.4. The quantitative estimate of drug-likeness (QED) is 0.118. The molecule has 4 heterocycles. The first-order chi connectivity index (χ1) is 29.5. The molecule has 7 aromatic rings. The normalized spacial score (nSPS) is 15.4. The second-order valence-electron chi connectivity index (χ2n) is 15.1. The van der Waals surface area contributed by atoms with Gasteiger partial charge in [-0.15, -0.1) is 5.10 Å². The monoisotopic (exact) mass is 830 g/mol. The van der Waals surface area contributed by atoms with Crippen molar-refractivity contribution in [3.05, 3.63) is 167 Å². The fourth-order valence-corrected chi connectivity index (χ4v) is 7.82. The summed E-state index contributed by atoms with van der Waals surface area (Å²) in [5.41, 5.74) is 1.10. The number of halogens is 3. The van der Waals surface area contributed by atoms with Crippen LogP contribution in [-0.4, -0.2) is 76.9 Å². The van der Waals surface area contributed by atoms with Crippen molar-refractivity contribution in [2.45, 2.75) is 57.1 Å². The van der Waals surface area contributed by atoms with Crippen molar-refractivity contribution in [2.75, 3.05) is 36.0 Å². The Morgan fingerprint density at radius 2 is 1.46 bits per heavy atom. The summed E-state index contributed by atoms with van der Waals surface area (Å²) in [6.07, 6.45) is 4.47. The molecule has 1 unspecified atom stereocenters. The molecule has 1 fully saturated rings. The standard InChI is InChI=1S/C45H45F3N10O3/c1-3-41(32(2)61-28-33-8-5-4-6-9-33)58-43(59)57(31-51-58)40-19-17-39(18-20-40)55-24-22-54(23-25-55)38-15-12-34(13-16-38)35-14-21-42(49-27-35)45(47,48)44(60,29-56-30-50-52-53-56)36-10-7-11-37(46)26-36/h4-21,26-27,30-32,41,60H,3,22-25,28-29H2,1-2H3/t32-,41-,44?/m0/s1. The van der Waals surface area contributed by atoms with Gasteiger partial charge in [0.25, 0.3) is 0 Å². The van der Waals surface area contributed by atoms with Crippen molar-refractivity contribution >= 4 is 11.4 Å². The van der Waals surface area contributed by atoms with E-state index < -0.39 is 29.6 Å². The number of tetrazole rings is 1. The number of anilines is 2. The number of pyridine rings is 1. The number of ether oxygens (including phenoxy) is 1. The third-order valence-corrected chi connectivity index (χ3v) is 11.4. The van der Waals surface area contributed by atoms with Crippen LogP contribution in [0.5, 0.6) is 0 Å². The third kappa shape index (κ3) is 8.54. The number of piperazine rings is 1. The molecule has 0 radical (unpaired) electrons. The lowest BCUT2D eigenvalue weighted by Gasteiger charge is -2.37. The molecule has 0 aliphatic carbocycles. The summed E-state index contributed by atoms with van der Waals surface area (Å²) < 4.78 is 56.8. The molecule has 16 heteroatoms. The maximum atomic E-state index is 16.2. The second-order valence-corrected chi connectivity index (χ2v) is 15.1. The van der Waals surface area contributed by atoms with Crippen LogP contribution in [0.15, 0.2) is 139 Å². The van der Waals surface area contributed by atoms with Gasteiger partial charge in [0.05, 0.1) is 31.0 Å². The predicted octanol–water partition coefficient (Wildman–Crippen LogP) is 6.78. The smallest absolute Gasteiger partial charge is 0.350 e. The first kappa shape index (κ1) is 41.1. The van der Waals surface area contributed by atoms with Crippen molar-refractivity contribution < 1.29 is 23.0 Å². The number of alkyl halides is 2. The number of benzene rings is 4. The number of aromatic nitrogens is 8. The van der Waals surface area contributed by atoms with E-state index in [-0.39, 0.29) is 23.4 Å². The van der Waals surface area contributed by atoms with Gasteiger partial charge in [-0.3, -0.25) is 4.98 Å². The molecule has 0 spiro atoms. The van der Waals surface area contributed by atoms with E-state index in [0.717, 1.165) is 83.6 Å². The number of aliphatic hydroxyl groups is 1. The number of hydrogen-bond donors (Lipinski definition) is 1. The molecule has 0 amide bonds. The zero-order chi connectivity index (χ0) is 42.6. The van der Waals surface area contributed by atoms with E-state index in [1.165, 1.54) is 29.1 Å². The van der Waals surface area contributed by atoms with Gasteiger partial charge in [0.1, 0.15) is 24.2 Å². The molecule has 1 aliphatic heterocycles. The van der Waals surface area contributed by atoms with Gasteiger partial charge in [0.2, 0.25) is 0 Å². The number of nitrogens with zero attached hydrogens (tertiary/aromatic N) is 10. The Bertz CT molecular complexity index is 2560. The van der Waals surface area contributed by atoms with Crippen molar-refractivity contribution in [1.29, 1.82) is 0 Å². The molecule has 0 saturated carbocycles. The number of hydrogen-bond acceptors (Lipinski definition) is 10. The molecule has 8 rings (SSSR count). The summed E-state index contributed by atoms with van der Waals surface area (Å²) in [7, 11) is 0. The van der Waals surface area contributed by atoms with Gasteiger partial charge in [0.15, 0.2) is 5.60 Å². The molecule has 13 nitrogen and oxygen atoms in total. The molecule has 0 bridgehead atoms. The highest BCUT2D eigenvalue weighted by atomic mass is 19.3. The van der Waals surface area contributed by atoms with Crippen LogP contribution in [0, 0.1) is 5.82 Å². The largest absolute Gasteiger partial charge is 0.377 e. The summed E-state index contributed by atoms with van der Waals surface area (Å²) in [6.45, 7) is 6.84. The first-order valence-corrected chi connectivity index (χ1v) is 20.1. The molecule has 61 heavy (non-hydrogen) atoms. The second kappa shape index (κ2) is 17.5. The maximum Gasteiger partial charge on any atom is 0.350 e. The van der Waals surface area contributed by atoms with Crippen LogP contribution in [0.2, 0.25) is 0 Å². The Hall–Kier alpha value is -6.65. The SMILES string of the molecule is CC[C@@H]([C@H](C)OCc1ccccc1)n1ncn(-c2ccc(N3CCN(c4ccc(-c5ccc(C(F)(F)C(O)(Cn6cnnn6)c6cccc(F)c6)nc5)cc4)CC3)cc2)c1=O. The molecular weight excluding hydrogens is 786 g/mol. The van der Waals surface area contributed by atoms with Gasteiger partial charge in [-0.05, 0) is 95.1 Å². The minimum Gasteiger partial charge on any atom is -0.377 e. The van der Waals surface area contributed by atoms with E-state index in [2.05, 4.69) is 35.4 Å². The fraction of sp³-hybridized carbons (Fsp3) is 0.289. The van der Waals surface area contributed by atoms with E-state index in [4.69, 9.17) is 4.74 Å². The van der Waals surface area contributed by atoms with Crippen LogP contribution in [0.4, 0.5) is 24.5 Å². The first-order valence-electron chi connectivity index (χ1n) is 20.1. The average Bonchev–Trinajstić information content (AvgIpc) is 3.95.